The van der Waals surface area contributed by atoms with Crippen molar-refractivity contribution in [2.45, 2.75) is 82.8 Å². The van der Waals surface area contributed by atoms with E-state index in [1.807, 2.05) is 18.2 Å². The monoisotopic (exact) mass is 582 g/mol. The molecule has 0 bridgehead atoms. The lowest BCUT2D eigenvalue weighted by Crippen LogP contribution is -2.66. The van der Waals surface area contributed by atoms with Crippen molar-refractivity contribution in [3.05, 3.63) is 109 Å². The first-order valence-electron chi connectivity index (χ1n) is 15.2. The van der Waals surface area contributed by atoms with E-state index in [0.29, 0.717) is 26.2 Å². The van der Waals surface area contributed by atoms with Gasteiger partial charge in [-0.25, -0.2) is 0 Å². The first-order valence-corrected chi connectivity index (χ1v) is 17.1. The predicted octanol–water partition coefficient (Wildman–Crippen LogP) is 6.42. The largest absolute Gasteiger partial charge is 0.407 e. The summed E-state index contributed by atoms with van der Waals surface area (Å²) in [5.41, 5.74) is 1.88. The summed E-state index contributed by atoms with van der Waals surface area (Å²) in [7, 11) is -2.59. The molecule has 1 aliphatic rings. The van der Waals surface area contributed by atoms with Crippen LogP contribution in [0.3, 0.4) is 0 Å². The van der Waals surface area contributed by atoms with Crippen LogP contribution < -0.4 is 10.4 Å². The molecule has 1 unspecified atom stereocenters. The van der Waals surface area contributed by atoms with Gasteiger partial charge in [-0.15, -0.1) is 0 Å². The van der Waals surface area contributed by atoms with Gasteiger partial charge in [-0.1, -0.05) is 130 Å². The lowest BCUT2D eigenvalue weighted by Gasteiger charge is -2.43. The second-order valence-electron chi connectivity index (χ2n) is 12.1. The zero-order chi connectivity index (χ0) is 29.8. The molecule has 222 valence electrons. The van der Waals surface area contributed by atoms with Crippen LogP contribution in [-0.2, 0) is 20.5 Å². The molecular weight excluding hydrogens is 536 g/mol. The Hall–Kier alpha value is -2.98. The van der Waals surface area contributed by atoms with E-state index in [2.05, 4.69) is 112 Å². The molecular formula is C37H46O4Si. The number of hydrogen-bond acceptors (Lipinski definition) is 4. The Morgan fingerprint density at radius 3 is 2.14 bits per heavy atom. The first-order chi connectivity index (χ1) is 20.3. The molecule has 0 aromatic heterocycles. The second-order valence-corrected chi connectivity index (χ2v) is 16.4. The van der Waals surface area contributed by atoms with Crippen molar-refractivity contribution in [2.24, 2.45) is 0 Å². The molecule has 5 heteroatoms. The average Bonchev–Trinajstić information content (AvgIpc) is 3.00. The minimum absolute atomic E-state index is 0.0672. The smallest absolute Gasteiger partial charge is 0.261 e. The van der Waals surface area contributed by atoms with E-state index < -0.39 is 14.4 Å². The quantitative estimate of drug-likeness (QED) is 0.152. The van der Waals surface area contributed by atoms with Crippen LogP contribution >= 0.6 is 0 Å². The molecule has 0 radical (unpaired) electrons. The molecule has 1 aliphatic heterocycles. The van der Waals surface area contributed by atoms with Gasteiger partial charge in [0.25, 0.3) is 8.32 Å². The minimum atomic E-state index is -2.59. The minimum Gasteiger partial charge on any atom is -0.407 e. The Labute approximate surface area is 253 Å². The highest BCUT2D eigenvalue weighted by molar-refractivity contribution is 6.99. The highest BCUT2D eigenvalue weighted by Gasteiger charge is 2.49. The normalized spacial score (nSPS) is 18.1. The fraction of sp³-hybridized carbons (Fsp3) is 0.405. The number of aliphatic hydroxyl groups is 1. The number of aliphatic hydroxyl groups excluding tert-OH is 1. The summed E-state index contributed by atoms with van der Waals surface area (Å²) in [6, 6.07) is 31.7. The molecule has 1 saturated heterocycles. The van der Waals surface area contributed by atoms with Crippen molar-refractivity contribution < 1.29 is 19.0 Å². The fourth-order valence-electron chi connectivity index (χ4n) is 5.72. The van der Waals surface area contributed by atoms with Crippen LogP contribution in [0.4, 0.5) is 0 Å². The van der Waals surface area contributed by atoms with E-state index >= 15 is 0 Å². The van der Waals surface area contributed by atoms with Crippen molar-refractivity contribution in [2.75, 3.05) is 13.2 Å². The maximum absolute atomic E-state index is 10.3. The highest BCUT2D eigenvalue weighted by Crippen LogP contribution is 2.37. The Bertz CT molecular complexity index is 1250. The molecule has 1 N–H and O–H groups in total. The van der Waals surface area contributed by atoms with Crippen LogP contribution in [0, 0.1) is 11.8 Å². The SMILES string of the molecule is C=C(C#CC(CCCO[Si](c1ccccc1)(c1ccccc1)C(C)(C)C)OCc1ccccc1)C[C@H]1OCCC[C@@H]1O. The van der Waals surface area contributed by atoms with Gasteiger partial charge >= 0.3 is 0 Å². The number of benzene rings is 3. The van der Waals surface area contributed by atoms with Crippen molar-refractivity contribution in [1.29, 1.82) is 0 Å². The summed E-state index contributed by atoms with van der Waals surface area (Å²) >= 11 is 0. The van der Waals surface area contributed by atoms with Crippen LogP contribution in [0.5, 0.6) is 0 Å². The molecule has 0 aliphatic carbocycles. The van der Waals surface area contributed by atoms with E-state index in [0.717, 1.165) is 36.8 Å². The molecule has 3 aromatic carbocycles. The maximum atomic E-state index is 10.3. The van der Waals surface area contributed by atoms with E-state index in [9.17, 15) is 5.11 Å². The standard InChI is InChI=1S/C37H46O4Si/c1-30(28-36-35(38)23-15-26-39-36)24-25-32(40-29-31-16-8-5-9-17-31)18-14-27-41-42(37(2,3)4,33-19-10-6-11-20-33)34-21-12-7-13-22-34/h5-13,16-17,19-22,32,35-36,38H,1,14-15,18,23,26-29H2,2-4H3/t32?,35-,36+/m0/s1. The van der Waals surface area contributed by atoms with Gasteiger partial charge in [0.2, 0.25) is 0 Å². The van der Waals surface area contributed by atoms with Gasteiger partial charge in [-0.2, -0.15) is 0 Å². The third-order valence-electron chi connectivity index (χ3n) is 7.90. The maximum Gasteiger partial charge on any atom is 0.261 e. The fourth-order valence-corrected chi connectivity index (χ4v) is 10.3. The van der Waals surface area contributed by atoms with E-state index in [1.165, 1.54) is 10.4 Å². The van der Waals surface area contributed by atoms with Crippen molar-refractivity contribution in [1.82, 2.24) is 0 Å². The highest BCUT2D eigenvalue weighted by atomic mass is 28.4. The summed E-state index contributed by atoms with van der Waals surface area (Å²) in [6.45, 7) is 12.8. The van der Waals surface area contributed by atoms with Gasteiger partial charge in [0.1, 0.15) is 6.10 Å². The Kier molecular flexibility index (Phi) is 11.8. The van der Waals surface area contributed by atoms with E-state index in [4.69, 9.17) is 13.9 Å². The molecule has 3 aromatic rings. The number of rotatable bonds is 12. The summed E-state index contributed by atoms with van der Waals surface area (Å²) in [6.07, 6.45) is 2.80. The lowest BCUT2D eigenvalue weighted by molar-refractivity contribution is -0.0720. The van der Waals surface area contributed by atoms with Gasteiger partial charge in [0.15, 0.2) is 0 Å². The van der Waals surface area contributed by atoms with Crippen molar-refractivity contribution >= 4 is 18.7 Å². The summed E-state index contributed by atoms with van der Waals surface area (Å²) in [5, 5.41) is 12.8. The third-order valence-corrected chi connectivity index (χ3v) is 12.9. The predicted molar refractivity (Wildman–Crippen MR) is 174 cm³/mol. The molecule has 1 heterocycles. The molecule has 3 atom stereocenters. The van der Waals surface area contributed by atoms with Gasteiger partial charge in [0.05, 0.1) is 18.8 Å². The molecule has 0 amide bonds. The average molecular weight is 583 g/mol. The van der Waals surface area contributed by atoms with Crippen molar-refractivity contribution in [3.8, 4) is 11.8 Å². The topological polar surface area (TPSA) is 47.9 Å². The molecule has 4 rings (SSSR count). The Balaban J connectivity index is 1.47. The second kappa shape index (κ2) is 15.5. The zero-order valence-corrected chi connectivity index (χ0v) is 26.4. The molecule has 42 heavy (non-hydrogen) atoms. The molecule has 0 saturated carbocycles. The molecule has 4 nitrogen and oxygen atoms in total. The third kappa shape index (κ3) is 8.53. The molecule has 1 fully saturated rings. The van der Waals surface area contributed by atoms with Gasteiger partial charge < -0.3 is 19.0 Å². The molecule has 0 spiro atoms. The van der Waals surface area contributed by atoms with E-state index in [-0.39, 0.29) is 17.2 Å². The van der Waals surface area contributed by atoms with Crippen LogP contribution in [0.1, 0.15) is 58.4 Å². The van der Waals surface area contributed by atoms with Crippen molar-refractivity contribution in [3.63, 3.8) is 0 Å². The van der Waals surface area contributed by atoms with Gasteiger partial charge in [-0.05, 0) is 52.2 Å². The number of ether oxygens (including phenoxy) is 2. The zero-order valence-electron chi connectivity index (χ0n) is 25.4. The van der Waals surface area contributed by atoms with Crippen LogP contribution in [0.15, 0.2) is 103 Å². The van der Waals surface area contributed by atoms with Crippen LogP contribution in [-0.4, -0.2) is 44.9 Å². The van der Waals surface area contributed by atoms with Gasteiger partial charge in [0, 0.05) is 19.6 Å². The Morgan fingerprint density at radius 1 is 0.976 bits per heavy atom. The summed E-state index contributed by atoms with van der Waals surface area (Å²) < 4.78 is 19.2. The van der Waals surface area contributed by atoms with Gasteiger partial charge in [-0.3, -0.25) is 0 Å². The number of hydrogen-bond donors (Lipinski definition) is 1. The summed E-state index contributed by atoms with van der Waals surface area (Å²) in [5.74, 6) is 6.56. The Morgan fingerprint density at radius 2 is 1.57 bits per heavy atom. The first kappa shape index (κ1) is 31.9. The lowest BCUT2D eigenvalue weighted by atomic mass is 9.99. The van der Waals surface area contributed by atoms with E-state index in [1.54, 1.807) is 0 Å². The summed E-state index contributed by atoms with van der Waals surface area (Å²) in [4.78, 5) is 0. The van der Waals surface area contributed by atoms with Crippen LogP contribution in [0.25, 0.3) is 0 Å². The van der Waals surface area contributed by atoms with Crippen LogP contribution in [0.2, 0.25) is 5.04 Å².